The highest BCUT2D eigenvalue weighted by molar-refractivity contribution is 5.81. The molecule has 5 heteroatoms. The molecule has 4 rings (SSSR count). The summed E-state index contributed by atoms with van der Waals surface area (Å²) in [7, 11) is 0. The Morgan fingerprint density at radius 1 is 1.15 bits per heavy atom. The van der Waals surface area contributed by atoms with Gasteiger partial charge in [-0.05, 0) is 37.0 Å². The number of benzene rings is 2. The largest absolute Gasteiger partial charge is 0.354 e. The molecule has 3 aromatic rings. The number of hydrogen-bond donors (Lipinski definition) is 1. The van der Waals surface area contributed by atoms with Crippen LogP contribution in [-0.4, -0.2) is 22.0 Å². The molecule has 0 radical (unpaired) electrons. The van der Waals surface area contributed by atoms with Crippen LogP contribution < -0.4 is 10.9 Å². The number of aromatic nitrogens is 2. The van der Waals surface area contributed by atoms with Crippen LogP contribution in [0.5, 0.6) is 0 Å². The lowest BCUT2D eigenvalue weighted by Gasteiger charge is -2.17. The molecule has 1 saturated carbocycles. The summed E-state index contributed by atoms with van der Waals surface area (Å²) in [6, 6.07) is 15.8. The molecule has 132 valence electrons. The van der Waals surface area contributed by atoms with Crippen LogP contribution >= 0.6 is 0 Å². The van der Waals surface area contributed by atoms with Crippen LogP contribution in [0.1, 0.15) is 24.0 Å². The fourth-order valence-electron chi connectivity index (χ4n) is 3.44. The predicted octanol–water partition coefficient (Wildman–Crippen LogP) is 2.55. The zero-order chi connectivity index (χ0) is 18.1. The Balaban J connectivity index is 1.47. The molecule has 1 aromatic heterocycles. The van der Waals surface area contributed by atoms with Gasteiger partial charge in [-0.2, -0.15) is 0 Å². The van der Waals surface area contributed by atoms with Gasteiger partial charge in [-0.15, -0.1) is 0 Å². The zero-order valence-corrected chi connectivity index (χ0v) is 14.7. The number of carbonyl (C=O) groups excluding carboxylic acids is 1. The summed E-state index contributed by atoms with van der Waals surface area (Å²) in [5.41, 5.74) is 2.78. The first-order chi connectivity index (χ1) is 12.6. The molecule has 0 saturated heterocycles. The Hall–Kier alpha value is -2.95. The molecular weight excluding hydrogens is 326 g/mol. The molecule has 5 nitrogen and oxygen atoms in total. The monoisotopic (exact) mass is 347 g/mol. The first kappa shape index (κ1) is 16.5. The fourth-order valence-corrected chi connectivity index (χ4v) is 3.44. The average molecular weight is 347 g/mol. The number of hydrogen-bond acceptors (Lipinski definition) is 3. The Labute approximate surface area is 151 Å². The van der Waals surface area contributed by atoms with E-state index in [4.69, 9.17) is 0 Å². The molecule has 0 unspecified atom stereocenters. The second-order valence-corrected chi connectivity index (χ2v) is 7.07. The maximum Gasteiger partial charge on any atom is 0.261 e. The molecule has 2 aromatic carbocycles. The van der Waals surface area contributed by atoms with Gasteiger partial charge in [0.05, 0.1) is 17.2 Å². The summed E-state index contributed by atoms with van der Waals surface area (Å²) in [4.78, 5) is 29.3. The van der Waals surface area contributed by atoms with Crippen molar-refractivity contribution in [2.45, 2.75) is 31.7 Å². The standard InChI is InChI=1S/C21H21N3O2/c1-15-6-5-9-17-19(15)23-14-24(20(17)26)12-18(25)22-13-21(10-11-21)16-7-3-2-4-8-16/h2-9,14H,10-13H2,1H3,(H,22,25). The van der Waals surface area contributed by atoms with Crippen LogP contribution in [0.4, 0.5) is 0 Å². The summed E-state index contributed by atoms with van der Waals surface area (Å²) >= 11 is 0. The molecule has 1 fully saturated rings. The van der Waals surface area contributed by atoms with Gasteiger partial charge >= 0.3 is 0 Å². The molecular formula is C21H21N3O2. The van der Waals surface area contributed by atoms with Crippen molar-refractivity contribution in [3.63, 3.8) is 0 Å². The number of nitrogens with zero attached hydrogens (tertiary/aromatic N) is 2. The van der Waals surface area contributed by atoms with Gasteiger partial charge in [-0.25, -0.2) is 4.98 Å². The molecule has 1 N–H and O–H groups in total. The SMILES string of the molecule is Cc1cccc2c(=O)n(CC(=O)NCC3(c4ccccc4)CC3)cnc12. The van der Waals surface area contributed by atoms with E-state index in [-0.39, 0.29) is 23.4 Å². The van der Waals surface area contributed by atoms with Crippen molar-refractivity contribution in [3.05, 3.63) is 76.3 Å². The van der Waals surface area contributed by atoms with Crippen molar-refractivity contribution in [1.29, 1.82) is 0 Å². The summed E-state index contributed by atoms with van der Waals surface area (Å²) in [6.45, 7) is 2.51. The normalized spacial score (nSPS) is 15.0. The smallest absolute Gasteiger partial charge is 0.261 e. The molecule has 1 aliphatic carbocycles. The first-order valence-corrected chi connectivity index (χ1v) is 8.86. The quantitative estimate of drug-likeness (QED) is 0.771. The van der Waals surface area contributed by atoms with Crippen molar-refractivity contribution in [2.75, 3.05) is 6.54 Å². The Kier molecular flexibility index (Phi) is 4.07. The topological polar surface area (TPSA) is 64.0 Å². The Bertz CT molecular complexity index is 1020. The molecule has 26 heavy (non-hydrogen) atoms. The van der Waals surface area contributed by atoms with Crippen LogP contribution in [0.15, 0.2) is 59.7 Å². The van der Waals surface area contributed by atoms with Crippen molar-refractivity contribution in [3.8, 4) is 0 Å². The second kappa shape index (κ2) is 6.41. The van der Waals surface area contributed by atoms with Crippen LogP contribution in [0.3, 0.4) is 0 Å². The van der Waals surface area contributed by atoms with Gasteiger partial charge in [0.15, 0.2) is 0 Å². The van der Waals surface area contributed by atoms with Gasteiger partial charge < -0.3 is 5.32 Å². The molecule has 0 spiro atoms. The molecule has 0 bridgehead atoms. The van der Waals surface area contributed by atoms with Crippen molar-refractivity contribution in [1.82, 2.24) is 14.9 Å². The third kappa shape index (κ3) is 3.01. The molecule has 1 aliphatic rings. The maximum atomic E-state index is 12.6. The minimum atomic E-state index is -0.182. The zero-order valence-electron chi connectivity index (χ0n) is 14.7. The van der Waals surface area contributed by atoms with Gasteiger partial charge in [0.25, 0.3) is 5.56 Å². The van der Waals surface area contributed by atoms with Gasteiger partial charge in [0, 0.05) is 12.0 Å². The van der Waals surface area contributed by atoms with E-state index in [0.29, 0.717) is 17.4 Å². The minimum absolute atomic E-state index is 0.0133. The number of amides is 1. The Morgan fingerprint density at radius 2 is 1.92 bits per heavy atom. The number of fused-ring (bicyclic) bond motifs is 1. The third-order valence-corrected chi connectivity index (χ3v) is 5.23. The predicted molar refractivity (Wildman–Crippen MR) is 101 cm³/mol. The molecule has 1 amide bonds. The van der Waals surface area contributed by atoms with Crippen LogP contribution in [0, 0.1) is 6.92 Å². The van der Waals surface area contributed by atoms with Gasteiger partial charge in [-0.3, -0.25) is 14.2 Å². The number of nitrogens with one attached hydrogen (secondary N) is 1. The van der Waals surface area contributed by atoms with E-state index in [9.17, 15) is 9.59 Å². The number of para-hydroxylation sites is 1. The molecule has 1 heterocycles. The maximum absolute atomic E-state index is 12.6. The highest BCUT2D eigenvalue weighted by atomic mass is 16.2. The highest BCUT2D eigenvalue weighted by Gasteiger charge is 2.44. The number of carbonyl (C=O) groups is 1. The van der Waals surface area contributed by atoms with E-state index < -0.39 is 0 Å². The number of aryl methyl sites for hydroxylation is 1. The summed E-state index contributed by atoms with van der Waals surface area (Å²) < 4.78 is 1.37. The van der Waals surface area contributed by atoms with E-state index in [1.165, 1.54) is 16.5 Å². The summed E-state index contributed by atoms with van der Waals surface area (Å²) in [6.07, 6.45) is 3.61. The van der Waals surface area contributed by atoms with E-state index >= 15 is 0 Å². The fraction of sp³-hybridized carbons (Fsp3) is 0.286. The lowest BCUT2D eigenvalue weighted by Crippen LogP contribution is -2.36. The second-order valence-electron chi connectivity index (χ2n) is 7.07. The van der Waals surface area contributed by atoms with E-state index in [1.807, 2.05) is 37.3 Å². The Morgan fingerprint density at radius 3 is 2.65 bits per heavy atom. The van der Waals surface area contributed by atoms with E-state index in [2.05, 4.69) is 22.4 Å². The van der Waals surface area contributed by atoms with Crippen LogP contribution in [0.2, 0.25) is 0 Å². The van der Waals surface area contributed by atoms with Crippen molar-refractivity contribution >= 4 is 16.8 Å². The molecule has 0 aliphatic heterocycles. The average Bonchev–Trinajstić information content (AvgIpc) is 3.45. The molecule has 0 atom stereocenters. The summed E-state index contributed by atoms with van der Waals surface area (Å²) in [5, 5.41) is 3.54. The van der Waals surface area contributed by atoms with Crippen LogP contribution in [0.25, 0.3) is 10.9 Å². The van der Waals surface area contributed by atoms with E-state index in [0.717, 1.165) is 18.4 Å². The van der Waals surface area contributed by atoms with E-state index in [1.54, 1.807) is 6.07 Å². The van der Waals surface area contributed by atoms with Gasteiger partial charge in [0.2, 0.25) is 5.91 Å². The van der Waals surface area contributed by atoms with Crippen molar-refractivity contribution in [2.24, 2.45) is 0 Å². The minimum Gasteiger partial charge on any atom is -0.354 e. The number of rotatable bonds is 5. The lowest BCUT2D eigenvalue weighted by molar-refractivity contribution is -0.121. The van der Waals surface area contributed by atoms with Gasteiger partial charge in [0.1, 0.15) is 6.54 Å². The van der Waals surface area contributed by atoms with Crippen molar-refractivity contribution < 1.29 is 4.79 Å². The first-order valence-electron chi connectivity index (χ1n) is 8.86. The van der Waals surface area contributed by atoms with Crippen LogP contribution in [-0.2, 0) is 16.8 Å². The lowest BCUT2D eigenvalue weighted by atomic mass is 9.96. The highest BCUT2D eigenvalue weighted by Crippen LogP contribution is 2.47. The third-order valence-electron chi connectivity index (χ3n) is 5.23. The van der Waals surface area contributed by atoms with Gasteiger partial charge in [-0.1, -0.05) is 42.5 Å². The summed E-state index contributed by atoms with van der Waals surface area (Å²) in [5.74, 6) is -0.164.